The molecule has 0 unspecified atom stereocenters. The highest BCUT2D eigenvalue weighted by Gasteiger charge is 2.07. The molecule has 0 aliphatic carbocycles. The van der Waals surface area contributed by atoms with Gasteiger partial charge >= 0.3 is 0 Å². The topological polar surface area (TPSA) is 78.4 Å². The molecule has 0 aliphatic rings. The number of hydrogen-bond acceptors (Lipinski definition) is 4. The van der Waals surface area contributed by atoms with E-state index in [1.54, 1.807) is 18.2 Å². The molecule has 2 aromatic rings. The monoisotopic (exact) mass is 231 g/mol. The Kier molecular flexibility index (Phi) is 2.66. The second-order valence-electron chi connectivity index (χ2n) is 3.00. The standard InChI is InChI=1S/C10H6ClN5/c11-10(13)7-1-2-9(8(3-7)4-12)16-6-14-5-15-16/h1-3,5-6,13H. The fourth-order valence-electron chi connectivity index (χ4n) is 1.29. The Balaban J connectivity index is 2.57. The average molecular weight is 232 g/mol. The molecule has 0 fully saturated rings. The minimum Gasteiger partial charge on any atom is -0.289 e. The SMILES string of the molecule is N#Cc1cc(C(=N)Cl)ccc1-n1cncn1. The van der Waals surface area contributed by atoms with Gasteiger partial charge in [-0.15, -0.1) is 0 Å². The third-order valence-corrected chi connectivity index (χ3v) is 2.25. The van der Waals surface area contributed by atoms with Crippen LogP contribution < -0.4 is 0 Å². The fraction of sp³-hybridized carbons (Fsp3) is 0. The van der Waals surface area contributed by atoms with Gasteiger partial charge < -0.3 is 0 Å². The van der Waals surface area contributed by atoms with Gasteiger partial charge in [-0.3, -0.25) is 5.41 Å². The van der Waals surface area contributed by atoms with E-state index in [1.165, 1.54) is 17.3 Å². The van der Waals surface area contributed by atoms with Crippen LogP contribution in [0.25, 0.3) is 5.69 Å². The second-order valence-corrected chi connectivity index (χ2v) is 3.38. The lowest BCUT2D eigenvalue weighted by atomic mass is 10.1. The van der Waals surface area contributed by atoms with Gasteiger partial charge in [-0.25, -0.2) is 9.67 Å². The molecule has 1 aromatic carbocycles. The molecule has 0 saturated carbocycles. The smallest absolute Gasteiger partial charge is 0.138 e. The Morgan fingerprint density at radius 1 is 1.50 bits per heavy atom. The number of hydrogen-bond donors (Lipinski definition) is 1. The molecule has 0 aliphatic heterocycles. The summed E-state index contributed by atoms with van der Waals surface area (Å²) in [7, 11) is 0. The van der Waals surface area contributed by atoms with Gasteiger partial charge in [0.15, 0.2) is 0 Å². The lowest BCUT2D eigenvalue weighted by Gasteiger charge is -2.04. The second kappa shape index (κ2) is 4.13. The molecule has 0 spiro atoms. The van der Waals surface area contributed by atoms with Crippen molar-refractivity contribution in [1.82, 2.24) is 14.8 Å². The number of halogens is 1. The zero-order valence-corrected chi connectivity index (χ0v) is 8.81. The molecular weight excluding hydrogens is 226 g/mol. The van der Waals surface area contributed by atoms with Gasteiger partial charge in [0.25, 0.3) is 0 Å². The molecule has 1 N–H and O–H groups in total. The summed E-state index contributed by atoms with van der Waals surface area (Å²) in [4.78, 5) is 3.81. The summed E-state index contributed by atoms with van der Waals surface area (Å²) < 4.78 is 1.49. The maximum absolute atomic E-state index is 9.00. The van der Waals surface area contributed by atoms with E-state index in [4.69, 9.17) is 22.3 Å². The van der Waals surface area contributed by atoms with E-state index in [2.05, 4.69) is 10.1 Å². The van der Waals surface area contributed by atoms with Crippen LogP contribution in [0.2, 0.25) is 0 Å². The summed E-state index contributed by atoms with van der Waals surface area (Å²) in [6, 6.07) is 6.92. The average Bonchev–Trinajstić information content (AvgIpc) is 2.81. The third-order valence-electron chi connectivity index (χ3n) is 2.04. The van der Waals surface area contributed by atoms with Crippen LogP contribution in [0.1, 0.15) is 11.1 Å². The van der Waals surface area contributed by atoms with Crippen LogP contribution in [0.15, 0.2) is 30.9 Å². The largest absolute Gasteiger partial charge is 0.289 e. The first-order chi connectivity index (χ1) is 7.72. The minimum absolute atomic E-state index is 0.0957. The Bertz CT molecular complexity index is 567. The highest BCUT2D eigenvalue weighted by atomic mass is 35.5. The number of aromatic nitrogens is 3. The van der Waals surface area contributed by atoms with Gasteiger partial charge in [-0.1, -0.05) is 11.6 Å². The first-order valence-corrected chi connectivity index (χ1v) is 4.73. The Hall–Kier alpha value is -2.19. The lowest BCUT2D eigenvalue weighted by molar-refractivity contribution is 0.876. The van der Waals surface area contributed by atoms with E-state index in [9.17, 15) is 0 Å². The van der Waals surface area contributed by atoms with Crippen molar-refractivity contribution in [3.8, 4) is 11.8 Å². The Labute approximate surface area is 96.4 Å². The molecule has 0 saturated heterocycles. The van der Waals surface area contributed by atoms with Crippen molar-refractivity contribution in [3.63, 3.8) is 0 Å². The first kappa shape index (κ1) is 10.3. The van der Waals surface area contributed by atoms with Crippen LogP contribution in [0.3, 0.4) is 0 Å². The summed E-state index contributed by atoms with van der Waals surface area (Å²) in [5.74, 6) is 0. The van der Waals surface area contributed by atoms with E-state index in [-0.39, 0.29) is 5.17 Å². The van der Waals surface area contributed by atoms with Crippen molar-refractivity contribution >= 4 is 16.8 Å². The highest BCUT2D eigenvalue weighted by molar-refractivity contribution is 6.68. The summed E-state index contributed by atoms with van der Waals surface area (Å²) in [5, 5.41) is 20.1. The summed E-state index contributed by atoms with van der Waals surface area (Å²) in [6.45, 7) is 0. The van der Waals surface area contributed by atoms with E-state index in [0.717, 1.165) is 0 Å². The van der Waals surface area contributed by atoms with Crippen LogP contribution in [-0.4, -0.2) is 19.9 Å². The van der Waals surface area contributed by atoms with Crippen molar-refractivity contribution in [2.24, 2.45) is 0 Å². The predicted octanol–water partition coefficient (Wildman–Crippen LogP) is 1.70. The van der Waals surface area contributed by atoms with Gasteiger partial charge in [0, 0.05) is 5.56 Å². The molecule has 0 atom stereocenters. The number of nitriles is 1. The van der Waals surface area contributed by atoms with Crippen molar-refractivity contribution in [1.29, 1.82) is 10.7 Å². The predicted molar refractivity (Wildman–Crippen MR) is 58.8 cm³/mol. The molecule has 78 valence electrons. The summed E-state index contributed by atoms with van der Waals surface area (Å²) in [6.07, 6.45) is 2.89. The molecule has 1 heterocycles. The molecule has 0 radical (unpaired) electrons. The maximum Gasteiger partial charge on any atom is 0.138 e. The molecular formula is C10H6ClN5. The third kappa shape index (κ3) is 1.78. The fourth-order valence-corrected chi connectivity index (χ4v) is 1.41. The highest BCUT2D eigenvalue weighted by Crippen LogP contribution is 2.16. The van der Waals surface area contributed by atoms with Crippen molar-refractivity contribution in [3.05, 3.63) is 42.0 Å². The zero-order chi connectivity index (χ0) is 11.5. The Morgan fingerprint density at radius 2 is 2.31 bits per heavy atom. The van der Waals surface area contributed by atoms with Crippen molar-refractivity contribution < 1.29 is 0 Å². The Morgan fingerprint density at radius 3 is 2.88 bits per heavy atom. The van der Waals surface area contributed by atoms with E-state index in [0.29, 0.717) is 16.8 Å². The van der Waals surface area contributed by atoms with Crippen LogP contribution in [0.5, 0.6) is 0 Å². The lowest BCUT2D eigenvalue weighted by Crippen LogP contribution is -2.00. The molecule has 5 nitrogen and oxygen atoms in total. The minimum atomic E-state index is -0.0957. The summed E-state index contributed by atoms with van der Waals surface area (Å²) >= 11 is 5.55. The van der Waals surface area contributed by atoms with Gasteiger partial charge in [-0.05, 0) is 18.2 Å². The zero-order valence-electron chi connectivity index (χ0n) is 8.05. The van der Waals surface area contributed by atoms with Crippen molar-refractivity contribution in [2.75, 3.05) is 0 Å². The van der Waals surface area contributed by atoms with Crippen LogP contribution in [0, 0.1) is 16.7 Å². The molecule has 16 heavy (non-hydrogen) atoms. The molecule has 1 aromatic heterocycles. The van der Waals surface area contributed by atoms with Crippen LogP contribution in [0.4, 0.5) is 0 Å². The molecule has 2 rings (SSSR count). The molecule has 6 heteroatoms. The van der Waals surface area contributed by atoms with Crippen molar-refractivity contribution in [2.45, 2.75) is 0 Å². The van der Waals surface area contributed by atoms with Crippen LogP contribution >= 0.6 is 11.6 Å². The van der Waals surface area contributed by atoms with Gasteiger partial charge in [-0.2, -0.15) is 10.4 Å². The van der Waals surface area contributed by atoms with Gasteiger partial charge in [0.05, 0.1) is 11.3 Å². The van der Waals surface area contributed by atoms with Gasteiger partial charge in [0.1, 0.15) is 23.9 Å². The van der Waals surface area contributed by atoms with Crippen LogP contribution in [-0.2, 0) is 0 Å². The number of nitrogens with one attached hydrogen (secondary N) is 1. The van der Waals surface area contributed by atoms with E-state index < -0.39 is 0 Å². The number of benzene rings is 1. The number of nitrogens with zero attached hydrogens (tertiary/aromatic N) is 4. The first-order valence-electron chi connectivity index (χ1n) is 4.36. The number of rotatable bonds is 2. The van der Waals surface area contributed by atoms with E-state index >= 15 is 0 Å². The van der Waals surface area contributed by atoms with Gasteiger partial charge in [0.2, 0.25) is 0 Å². The quantitative estimate of drug-likeness (QED) is 0.799. The molecule has 0 bridgehead atoms. The maximum atomic E-state index is 9.00. The molecule has 0 amide bonds. The normalized spacial score (nSPS) is 9.75. The summed E-state index contributed by atoms with van der Waals surface area (Å²) in [5.41, 5.74) is 1.51. The van der Waals surface area contributed by atoms with E-state index in [1.807, 2.05) is 6.07 Å².